The SMILES string of the molecule is CCn1nc(C)cc1-c1ncc2c3cc(C)cc(OCCCN4CCOCC4)c3n(C/C=C/Cn3c4c(c5cc(C(N)=O)cc(OC)c53)C=NC(c3cc(C)nn3CC)N4)c2n1. The molecule has 1 saturated heterocycles. The van der Waals surface area contributed by atoms with Crippen molar-refractivity contribution in [1.82, 2.24) is 43.6 Å². The maximum atomic E-state index is 12.5. The van der Waals surface area contributed by atoms with E-state index in [4.69, 9.17) is 34.9 Å². The minimum atomic E-state index is -0.532. The van der Waals surface area contributed by atoms with Gasteiger partial charge in [0, 0.05) is 85.5 Å². The number of aryl methyl sites for hydroxylation is 5. The Kier molecular flexibility index (Phi) is 11.3. The number of amides is 1. The van der Waals surface area contributed by atoms with Crippen LogP contribution in [0.1, 0.15) is 65.0 Å². The molecule has 9 rings (SSSR count). The number of allylic oxidation sites excluding steroid dienone is 2. The molecular formula is C46H54N12O4. The van der Waals surface area contributed by atoms with Crippen molar-refractivity contribution in [2.75, 3.05) is 51.9 Å². The maximum Gasteiger partial charge on any atom is 0.248 e. The van der Waals surface area contributed by atoms with Gasteiger partial charge in [0.1, 0.15) is 28.7 Å². The number of ether oxygens (including phenoxy) is 3. The molecular weight excluding hydrogens is 785 g/mol. The monoisotopic (exact) mass is 838 g/mol. The first-order valence-corrected chi connectivity index (χ1v) is 21.5. The molecule has 2 aliphatic rings. The Morgan fingerprint density at radius 3 is 2.40 bits per heavy atom. The lowest BCUT2D eigenvalue weighted by atomic mass is 10.1. The van der Waals surface area contributed by atoms with Crippen LogP contribution in [-0.4, -0.2) is 102 Å². The molecule has 2 aliphatic heterocycles. The molecule has 1 unspecified atom stereocenters. The van der Waals surface area contributed by atoms with E-state index in [0.29, 0.717) is 49.9 Å². The fourth-order valence-electron chi connectivity index (χ4n) is 8.88. The molecule has 0 radical (unpaired) electrons. The second-order valence-electron chi connectivity index (χ2n) is 16.0. The van der Waals surface area contributed by atoms with Crippen LogP contribution in [0, 0.1) is 20.8 Å². The van der Waals surface area contributed by atoms with Crippen LogP contribution in [0.5, 0.6) is 11.5 Å². The van der Waals surface area contributed by atoms with Crippen molar-refractivity contribution in [3.8, 4) is 23.0 Å². The quantitative estimate of drug-likeness (QED) is 0.0851. The fraction of sp³-hybridized carbons (Fsp3) is 0.391. The van der Waals surface area contributed by atoms with Crippen LogP contribution in [0.15, 0.2) is 59.7 Å². The molecule has 16 nitrogen and oxygen atoms in total. The van der Waals surface area contributed by atoms with E-state index < -0.39 is 5.91 Å². The van der Waals surface area contributed by atoms with Gasteiger partial charge in [0.05, 0.1) is 55.0 Å². The number of hydrogen-bond donors (Lipinski definition) is 2. The van der Waals surface area contributed by atoms with Gasteiger partial charge in [-0.1, -0.05) is 12.2 Å². The summed E-state index contributed by atoms with van der Waals surface area (Å²) in [6, 6.07) is 11.9. The first-order chi connectivity index (χ1) is 30.1. The first-order valence-electron chi connectivity index (χ1n) is 21.5. The van der Waals surface area contributed by atoms with Gasteiger partial charge in [-0.05, 0) is 83.0 Å². The van der Waals surface area contributed by atoms with E-state index in [1.165, 1.54) is 0 Å². The number of nitrogens with zero attached hydrogens (tertiary/aromatic N) is 10. The van der Waals surface area contributed by atoms with Crippen molar-refractivity contribution < 1.29 is 19.0 Å². The van der Waals surface area contributed by atoms with E-state index in [0.717, 1.165) is 118 Å². The summed E-state index contributed by atoms with van der Waals surface area (Å²) in [7, 11) is 1.61. The number of aliphatic imine (C=N–C) groups is 1. The highest BCUT2D eigenvalue weighted by molar-refractivity contribution is 6.11. The normalized spacial score (nSPS) is 15.6. The van der Waals surface area contributed by atoms with Gasteiger partial charge in [0.2, 0.25) is 5.91 Å². The number of carbonyl (C=O) groups is 1. The molecule has 0 spiro atoms. The predicted molar refractivity (Wildman–Crippen MR) is 242 cm³/mol. The number of rotatable bonds is 15. The van der Waals surface area contributed by atoms with Crippen molar-refractivity contribution in [3.63, 3.8) is 0 Å². The summed E-state index contributed by atoms with van der Waals surface area (Å²) in [5.74, 6) is 2.30. The van der Waals surface area contributed by atoms with Gasteiger partial charge in [0.25, 0.3) is 0 Å². The average Bonchev–Trinajstić information content (AvgIpc) is 4.03. The van der Waals surface area contributed by atoms with Crippen LogP contribution in [0.2, 0.25) is 0 Å². The van der Waals surface area contributed by atoms with Crippen LogP contribution in [0.3, 0.4) is 0 Å². The largest absolute Gasteiger partial charge is 0.495 e. The van der Waals surface area contributed by atoms with Crippen molar-refractivity contribution in [3.05, 3.63) is 88.5 Å². The number of methoxy groups -OCH3 is 1. The van der Waals surface area contributed by atoms with Crippen LogP contribution in [0.4, 0.5) is 5.82 Å². The number of nitrogens with two attached hydrogens (primary N) is 1. The van der Waals surface area contributed by atoms with Crippen molar-refractivity contribution in [1.29, 1.82) is 0 Å². The molecule has 0 bridgehead atoms. The number of carbonyl (C=O) groups excluding carboxylic acids is 1. The van der Waals surface area contributed by atoms with Gasteiger partial charge >= 0.3 is 0 Å². The zero-order valence-electron chi connectivity index (χ0n) is 36.3. The first kappa shape index (κ1) is 40.9. The number of fused-ring (bicyclic) bond motifs is 6. The zero-order valence-corrected chi connectivity index (χ0v) is 36.3. The third kappa shape index (κ3) is 7.57. The van der Waals surface area contributed by atoms with Crippen molar-refractivity contribution in [2.45, 2.75) is 73.4 Å². The third-order valence-electron chi connectivity index (χ3n) is 11.8. The number of anilines is 1. The number of morpholine rings is 1. The minimum Gasteiger partial charge on any atom is -0.495 e. The highest BCUT2D eigenvalue weighted by atomic mass is 16.5. The van der Waals surface area contributed by atoms with E-state index in [-0.39, 0.29) is 6.17 Å². The van der Waals surface area contributed by atoms with Gasteiger partial charge in [-0.15, -0.1) is 0 Å². The predicted octanol–water partition coefficient (Wildman–Crippen LogP) is 6.57. The summed E-state index contributed by atoms with van der Waals surface area (Å²) in [5.41, 5.74) is 14.4. The van der Waals surface area contributed by atoms with Gasteiger partial charge < -0.3 is 34.4 Å². The minimum absolute atomic E-state index is 0.360. The summed E-state index contributed by atoms with van der Waals surface area (Å²) < 4.78 is 26.5. The molecule has 2 aromatic carbocycles. The number of aromatic nitrogens is 8. The van der Waals surface area contributed by atoms with E-state index in [1.807, 2.05) is 47.8 Å². The zero-order chi connectivity index (χ0) is 43.1. The van der Waals surface area contributed by atoms with Crippen LogP contribution >= 0.6 is 0 Å². The Morgan fingerprint density at radius 2 is 1.65 bits per heavy atom. The van der Waals surface area contributed by atoms with Crippen LogP contribution in [-0.2, 0) is 30.9 Å². The smallest absolute Gasteiger partial charge is 0.248 e. The van der Waals surface area contributed by atoms with Gasteiger partial charge in [0.15, 0.2) is 12.0 Å². The van der Waals surface area contributed by atoms with E-state index in [1.54, 1.807) is 13.2 Å². The third-order valence-corrected chi connectivity index (χ3v) is 11.8. The summed E-state index contributed by atoms with van der Waals surface area (Å²) >= 11 is 0. The van der Waals surface area contributed by atoms with Crippen LogP contribution in [0.25, 0.3) is 44.4 Å². The molecule has 322 valence electrons. The summed E-state index contributed by atoms with van der Waals surface area (Å²) in [6.45, 7) is 17.6. The van der Waals surface area contributed by atoms with E-state index in [2.05, 4.69) is 80.7 Å². The summed E-state index contributed by atoms with van der Waals surface area (Å²) in [6.07, 6.45) is 8.65. The molecule has 1 fully saturated rings. The topological polar surface area (TPSA) is 170 Å². The molecule has 1 atom stereocenters. The molecule has 0 saturated carbocycles. The maximum absolute atomic E-state index is 12.5. The highest BCUT2D eigenvalue weighted by Gasteiger charge is 2.28. The second kappa shape index (κ2) is 17.1. The van der Waals surface area contributed by atoms with Gasteiger partial charge in [-0.25, -0.2) is 9.97 Å². The highest BCUT2D eigenvalue weighted by Crippen LogP contribution is 2.41. The number of primary amides is 1. The van der Waals surface area contributed by atoms with E-state index >= 15 is 0 Å². The Bertz CT molecular complexity index is 2870. The number of benzene rings is 2. The standard InChI is InChI=1S/C46H54N12O4/c1-7-57-36(22-29(4)52-57)43-48-26-34-32-20-28(3)21-39(62-17-11-12-54-15-18-61-19-16-54)41(32)56(45(34)50-43)14-10-9-13-55-40-33(24-31(42(47)59)25-38(40)60-6)35-27-49-44(51-46(35)55)37-23-30(5)53-58(37)8-2/h9-10,20-27,44,51H,7-8,11-19H2,1-6H3,(H2,47,59)/b10-9+. The molecule has 7 heterocycles. The molecule has 0 aliphatic carbocycles. The van der Waals surface area contributed by atoms with Gasteiger partial charge in [-0.2, -0.15) is 10.2 Å². The number of hydrogen-bond acceptors (Lipinski definition) is 11. The second-order valence-corrected chi connectivity index (χ2v) is 16.0. The van der Waals surface area contributed by atoms with Crippen molar-refractivity contribution >= 4 is 50.8 Å². The van der Waals surface area contributed by atoms with Crippen LogP contribution < -0.4 is 20.5 Å². The Hall–Kier alpha value is -6.52. The lowest BCUT2D eigenvalue weighted by Gasteiger charge is -2.26. The summed E-state index contributed by atoms with van der Waals surface area (Å²) in [5, 5.41) is 15.9. The average molecular weight is 839 g/mol. The molecule has 16 heteroatoms. The lowest BCUT2D eigenvalue weighted by Crippen LogP contribution is -2.37. The molecule has 62 heavy (non-hydrogen) atoms. The molecule has 7 aromatic rings. The lowest BCUT2D eigenvalue weighted by molar-refractivity contribution is 0.0358. The molecule has 5 aromatic heterocycles. The number of nitrogens with one attached hydrogen (secondary N) is 1. The fourth-order valence-corrected chi connectivity index (χ4v) is 8.88. The molecule has 1 amide bonds. The van der Waals surface area contributed by atoms with Crippen molar-refractivity contribution in [2.24, 2.45) is 10.7 Å². The van der Waals surface area contributed by atoms with E-state index in [9.17, 15) is 4.79 Å². The Labute approximate surface area is 360 Å². The molecule has 3 N–H and O–H groups in total. The Balaban J connectivity index is 1.11. The summed E-state index contributed by atoms with van der Waals surface area (Å²) in [4.78, 5) is 30.0. The van der Waals surface area contributed by atoms with Gasteiger partial charge in [-0.3, -0.25) is 24.1 Å². The Morgan fingerprint density at radius 1 is 0.903 bits per heavy atom.